The zero-order valence-electron chi connectivity index (χ0n) is 22.9. The van der Waals surface area contributed by atoms with E-state index in [1.54, 1.807) is 73.4 Å². The molecule has 0 saturated carbocycles. The van der Waals surface area contributed by atoms with E-state index in [2.05, 4.69) is 5.32 Å². The molecule has 1 fully saturated rings. The number of amides is 2. The van der Waals surface area contributed by atoms with E-state index >= 15 is 0 Å². The summed E-state index contributed by atoms with van der Waals surface area (Å²) in [6.07, 6.45) is 4.36. The summed E-state index contributed by atoms with van der Waals surface area (Å²) in [6, 6.07) is 20.7. The molecule has 4 rings (SSSR count). The molecule has 1 aliphatic rings. The molecule has 3 aromatic carbocycles. The molecule has 2 N–H and O–H groups in total. The third kappa shape index (κ3) is 7.08. The molecule has 0 spiro atoms. The van der Waals surface area contributed by atoms with E-state index in [-0.39, 0.29) is 29.4 Å². The number of benzene rings is 3. The van der Waals surface area contributed by atoms with Crippen molar-refractivity contribution in [2.75, 3.05) is 20.2 Å². The number of phenolic OH excluding ortho intramolecular Hbond substituents is 1. The third-order valence-electron chi connectivity index (χ3n) is 6.80. The molecule has 8 heteroatoms. The van der Waals surface area contributed by atoms with Crippen molar-refractivity contribution in [3.8, 4) is 17.2 Å². The Morgan fingerprint density at radius 3 is 2.25 bits per heavy atom. The average molecular weight is 543 g/mol. The van der Waals surface area contributed by atoms with E-state index in [1.165, 1.54) is 19.3 Å². The number of ether oxygens (including phenoxy) is 2. The van der Waals surface area contributed by atoms with Crippen LogP contribution in [0.4, 0.5) is 0 Å². The lowest BCUT2D eigenvalue weighted by atomic mass is 10.0. The van der Waals surface area contributed by atoms with Crippen LogP contribution in [0, 0.1) is 0 Å². The minimum absolute atomic E-state index is 0.0345. The molecule has 0 bridgehead atoms. The van der Waals surface area contributed by atoms with Crippen LogP contribution in [-0.4, -0.2) is 59.4 Å². The monoisotopic (exact) mass is 542 g/mol. The van der Waals surface area contributed by atoms with Crippen LogP contribution in [0.2, 0.25) is 0 Å². The Balaban J connectivity index is 1.27. The van der Waals surface area contributed by atoms with Crippen molar-refractivity contribution in [2.24, 2.45) is 0 Å². The van der Waals surface area contributed by atoms with Gasteiger partial charge in [0.15, 0.2) is 22.9 Å². The van der Waals surface area contributed by atoms with Gasteiger partial charge in [0.05, 0.1) is 7.11 Å². The zero-order valence-corrected chi connectivity index (χ0v) is 22.9. The van der Waals surface area contributed by atoms with Crippen molar-refractivity contribution >= 4 is 23.7 Å². The van der Waals surface area contributed by atoms with Gasteiger partial charge in [-0.1, -0.05) is 36.4 Å². The first-order chi connectivity index (χ1) is 19.2. The van der Waals surface area contributed by atoms with Crippen LogP contribution in [-0.2, 0) is 9.59 Å². The number of nitrogens with one attached hydrogen (secondary N) is 1. The van der Waals surface area contributed by atoms with Gasteiger partial charge in [0.2, 0.25) is 5.91 Å². The Labute approximate surface area is 234 Å². The van der Waals surface area contributed by atoms with Gasteiger partial charge in [0, 0.05) is 36.3 Å². The van der Waals surface area contributed by atoms with Gasteiger partial charge < -0.3 is 24.8 Å². The number of nitrogens with zero attached hydrogens (tertiary/aromatic N) is 1. The number of likely N-dealkylation sites (tertiary alicyclic amines) is 1. The highest BCUT2D eigenvalue weighted by atomic mass is 16.5. The van der Waals surface area contributed by atoms with Crippen LogP contribution in [0.15, 0.2) is 78.9 Å². The Morgan fingerprint density at radius 1 is 0.950 bits per heavy atom. The summed E-state index contributed by atoms with van der Waals surface area (Å²) in [5, 5.41) is 12.7. The topological polar surface area (TPSA) is 105 Å². The Bertz CT molecular complexity index is 1370. The van der Waals surface area contributed by atoms with Crippen LogP contribution >= 0.6 is 0 Å². The zero-order chi connectivity index (χ0) is 28.7. The predicted molar refractivity (Wildman–Crippen MR) is 152 cm³/mol. The van der Waals surface area contributed by atoms with Gasteiger partial charge in [-0.3, -0.25) is 14.4 Å². The summed E-state index contributed by atoms with van der Waals surface area (Å²) in [5.41, 5.74) is 0.782. The molecular weight excluding hydrogens is 508 g/mol. The molecule has 8 nitrogen and oxygen atoms in total. The van der Waals surface area contributed by atoms with Crippen molar-refractivity contribution in [3.05, 3.63) is 95.6 Å². The second-order valence-electron chi connectivity index (χ2n) is 10.2. The molecule has 1 saturated heterocycles. The molecule has 0 unspecified atom stereocenters. The second kappa shape index (κ2) is 12.5. The molecule has 2 amide bonds. The smallest absolute Gasteiger partial charge is 0.266 e. The van der Waals surface area contributed by atoms with Crippen molar-refractivity contribution in [2.45, 2.75) is 38.3 Å². The van der Waals surface area contributed by atoms with Gasteiger partial charge in [-0.2, -0.15) is 0 Å². The minimum Gasteiger partial charge on any atom is -0.504 e. The number of carbonyl (C=O) groups is 3. The Kier molecular flexibility index (Phi) is 8.89. The first-order valence-electron chi connectivity index (χ1n) is 13.2. The first kappa shape index (κ1) is 28.4. The van der Waals surface area contributed by atoms with E-state index in [1.807, 2.05) is 18.2 Å². The normalized spacial score (nSPS) is 14.1. The molecule has 0 aromatic heterocycles. The van der Waals surface area contributed by atoms with Gasteiger partial charge in [-0.15, -0.1) is 0 Å². The maximum atomic E-state index is 13.3. The van der Waals surface area contributed by atoms with Crippen LogP contribution in [0.25, 0.3) is 6.08 Å². The Hall–Kier alpha value is -4.59. The largest absolute Gasteiger partial charge is 0.504 e. The maximum absolute atomic E-state index is 13.3. The summed E-state index contributed by atoms with van der Waals surface area (Å²) < 4.78 is 11.1. The molecule has 0 aliphatic carbocycles. The SMILES string of the molecule is COc1cc(/C=C/C(=O)NC2CCN(C(=O)C(C)(C)Oc3ccc(C(=O)c4ccccc4)cc3)CC2)ccc1O. The first-order valence-corrected chi connectivity index (χ1v) is 13.2. The second-order valence-corrected chi connectivity index (χ2v) is 10.2. The molecule has 40 heavy (non-hydrogen) atoms. The summed E-state index contributed by atoms with van der Waals surface area (Å²) in [7, 11) is 1.47. The molecule has 208 valence electrons. The van der Waals surface area contributed by atoms with Gasteiger partial charge in [0.25, 0.3) is 5.91 Å². The van der Waals surface area contributed by atoms with Crippen molar-refractivity contribution < 1.29 is 29.0 Å². The lowest BCUT2D eigenvalue weighted by Crippen LogP contribution is -2.53. The molecular formula is C32H34N2O6. The number of hydrogen-bond donors (Lipinski definition) is 2. The van der Waals surface area contributed by atoms with Crippen LogP contribution < -0.4 is 14.8 Å². The number of ketones is 1. The standard InChI is InChI=1S/C32H34N2O6/c1-32(2,40-26-13-11-24(12-14-26)30(37)23-7-5-4-6-8-23)31(38)34-19-17-25(18-20-34)33-29(36)16-10-22-9-15-27(35)28(21-22)39-3/h4-16,21,25,35H,17-20H2,1-3H3,(H,33,36)/b16-10+. The number of methoxy groups -OCH3 is 1. The summed E-state index contributed by atoms with van der Waals surface area (Å²) in [4.78, 5) is 40.1. The number of phenols is 1. The van der Waals surface area contributed by atoms with E-state index < -0.39 is 5.60 Å². The van der Waals surface area contributed by atoms with Crippen molar-refractivity contribution in [3.63, 3.8) is 0 Å². The van der Waals surface area contributed by atoms with Crippen molar-refractivity contribution in [1.82, 2.24) is 10.2 Å². The summed E-state index contributed by atoms with van der Waals surface area (Å²) >= 11 is 0. The summed E-state index contributed by atoms with van der Waals surface area (Å²) in [6.45, 7) is 4.46. The summed E-state index contributed by atoms with van der Waals surface area (Å²) in [5.74, 6) is 0.433. The van der Waals surface area contributed by atoms with Gasteiger partial charge in [0.1, 0.15) is 5.75 Å². The van der Waals surface area contributed by atoms with Gasteiger partial charge in [-0.05, 0) is 74.7 Å². The van der Waals surface area contributed by atoms with Crippen LogP contribution in [0.3, 0.4) is 0 Å². The number of hydrogen-bond acceptors (Lipinski definition) is 6. The van der Waals surface area contributed by atoms with E-state index in [9.17, 15) is 19.5 Å². The third-order valence-corrected chi connectivity index (χ3v) is 6.80. The van der Waals surface area contributed by atoms with Gasteiger partial charge >= 0.3 is 0 Å². The highest BCUT2D eigenvalue weighted by molar-refractivity contribution is 6.09. The lowest BCUT2D eigenvalue weighted by Gasteiger charge is -2.37. The van der Waals surface area contributed by atoms with E-state index in [4.69, 9.17) is 9.47 Å². The van der Waals surface area contributed by atoms with Gasteiger partial charge in [-0.25, -0.2) is 0 Å². The minimum atomic E-state index is -1.10. The van der Waals surface area contributed by atoms with Crippen molar-refractivity contribution in [1.29, 1.82) is 0 Å². The number of rotatable bonds is 9. The predicted octanol–water partition coefficient (Wildman–Crippen LogP) is 4.61. The Morgan fingerprint density at radius 2 is 1.60 bits per heavy atom. The molecule has 1 heterocycles. The van der Waals surface area contributed by atoms with Crippen LogP contribution in [0.1, 0.15) is 48.2 Å². The number of piperidine rings is 1. The number of aromatic hydroxyl groups is 1. The fourth-order valence-corrected chi connectivity index (χ4v) is 4.60. The van der Waals surface area contributed by atoms with Crippen LogP contribution in [0.5, 0.6) is 17.2 Å². The molecule has 0 atom stereocenters. The van der Waals surface area contributed by atoms with E-state index in [0.717, 1.165) is 5.56 Å². The lowest BCUT2D eigenvalue weighted by molar-refractivity contribution is -0.146. The molecule has 1 aliphatic heterocycles. The molecule has 0 radical (unpaired) electrons. The fraction of sp³-hybridized carbons (Fsp3) is 0.281. The highest BCUT2D eigenvalue weighted by Gasteiger charge is 2.36. The van der Waals surface area contributed by atoms with E-state index in [0.29, 0.717) is 48.6 Å². The number of carbonyl (C=O) groups excluding carboxylic acids is 3. The highest BCUT2D eigenvalue weighted by Crippen LogP contribution is 2.27. The molecule has 3 aromatic rings. The quantitative estimate of drug-likeness (QED) is 0.302. The average Bonchev–Trinajstić information content (AvgIpc) is 2.97. The fourth-order valence-electron chi connectivity index (χ4n) is 4.60. The maximum Gasteiger partial charge on any atom is 0.266 e.